The molecule has 1 N–H and O–H groups in total. The topological polar surface area (TPSA) is 83.6 Å². The molecular formula is C12H18N2O4. The molecule has 1 heterocycles. The third-order valence-electron chi connectivity index (χ3n) is 2.36. The number of hydrogen-bond donors (Lipinski definition) is 1. The number of amides is 1. The van der Waals surface area contributed by atoms with Crippen LogP contribution < -0.4 is 0 Å². The molecule has 0 saturated carbocycles. The van der Waals surface area contributed by atoms with Gasteiger partial charge in [-0.1, -0.05) is 20.8 Å². The molecule has 1 rings (SSSR count). The van der Waals surface area contributed by atoms with Crippen molar-refractivity contribution in [3.05, 3.63) is 17.8 Å². The van der Waals surface area contributed by atoms with Crippen LogP contribution >= 0.6 is 0 Å². The van der Waals surface area contributed by atoms with E-state index >= 15 is 0 Å². The molecule has 100 valence electrons. The van der Waals surface area contributed by atoms with Gasteiger partial charge >= 0.3 is 5.97 Å². The van der Waals surface area contributed by atoms with Crippen molar-refractivity contribution >= 4 is 11.9 Å². The molecule has 0 aliphatic rings. The highest BCUT2D eigenvalue weighted by Crippen LogP contribution is 2.12. The minimum Gasteiger partial charge on any atom is -0.480 e. The van der Waals surface area contributed by atoms with Gasteiger partial charge < -0.3 is 14.4 Å². The summed E-state index contributed by atoms with van der Waals surface area (Å²) in [7, 11) is 0. The molecule has 0 bridgehead atoms. The fourth-order valence-corrected chi connectivity index (χ4v) is 1.67. The van der Waals surface area contributed by atoms with Gasteiger partial charge in [-0.3, -0.25) is 9.59 Å². The molecule has 0 spiro atoms. The highest BCUT2D eigenvalue weighted by Gasteiger charge is 2.24. The van der Waals surface area contributed by atoms with Gasteiger partial charge in [-0.25, -0.2) is 4.98 Å². The molecule has 1 aromatic heterocycles. The second-order valence-corrected chi connectivity index (χ2v) is 4.45. The zero-order valence-electron chi connectivity index (χ0n) is 10.8. The van der Waals surface area contributed by atoms with Crippen molar-refractivity contribution in [2.24, 2.45) is 5.92 Å². The summed E-state index contributed by atoms with van der Waals surface area (Å²) < 4.78 is 5.09. The number of aliphatic carboxylic acids is 1. The van der Waals surface area contributed by atoms with Crippen LogP contribution in [0.5, 0.6) is 0 Å². The highest BCUT2D eigenvalue weighted by molar-refractivity contribution is 5.94. The van der Waals surface area contributed by atoms with Crippen LogP contribution in [-0.4, -0.2) is 40.0 Å². The van der Waals surface area contributed by atoms with Gasteiger partial charge in [0.05, 0.1) is 0 Å². The third-order valence-corrected chi connectivity index (χ3v) is 2.36. The van der Waals surface area contributed by atoms with Crippen molar-refractivity contribution in [3.63, 3.8) is 0 Å². The van der Waals surface area contributed by atoms with Crippen molar-refractivity contribution in [2.75, 3.05) is 13.1 Å². The Morgan fingerprint density at radius 2 is 2.17 bits per heavy atom. The molecule has 0 saturated heterocycles. The van der Waals surface area contributed by atoms with E-state index in [0.29, 0.717) is 18.7 Å². The van der Waals surface area contributed by atoms with Gasteiger partial charge in [0.15, 0.2) is 12.1 Å². The summed E-state index contributed by atoms with van der Waals surface area (Å²) in [6, 6.07) is 0. The molecule has 18 heavy (non-hydrogen) atoms. The van der Waals surface area contributed by atoms with Gasteiger partial charge in [0.2, 0.25) is 0 Å². The first-order valence-corrected chi connectivity index (χ1v) is 5.89. The van der Waals surface area contributed by atoms with Gasteiger partial charge in [-0.15, -0.1) is 0 Å². The number of carboxylic acids is 1. The quantitative estimate of drug-likeness (QED) is 0.830. The van der Waals surface area contributed by atoms with Crippen LogP contribution in [0.3, 0.4) is 0 Å². The van der Waals surface area contributed by atoms with Crippen molar-refractivity contribution in [1.29, 1.82) is 0 Å². The Morgan fingerprint density at radius 1 is 1.50 bits per heavy atom. The first-order valence-electron chi connectivity index (χ1n) is 5.89. The van der Waals surface area contributed by atoms with E-state index in [1.54, 1.807) is 0 Å². The van der Waals surface area contributed by atoms with E-state index in [2.05, 4.69) is 4.98 Å². The average molecular weight is 254 g/mol. The Morgan fingerprint density at radius 3 is 2.67 bits per heavy atom. The summed E-state index contributed by atoms with van der Waals surface area (Å²) in [5.74, 6) is -0.758. The average Bonchev–Trinajstić information content (AvgIpc) is 2.73. The molecule has 0 radical (unpaired) electrons. The van der Waals surface area contributed by atoms with Crippen LogP contribution in [0.25, 0.3) is 0 Å². The first-order chi connectivity index (χ1) is 8.45. The molecule has 1 aromatic rings. The third kappa shape index (κ3) is 3.58. The van der Waals surface area contributed by atoms with Gasteiger partial charge in [0.25, 0.3) is 5.91 Å². The number of aryl methyl sites for hydroxylation is 1. The first kappa shape index (κ1) is 14.2. The van der Waals surface area contributed by atoms with Crippen LogP contribution in [0.2, 0.25) is 0 Å². The van der Waals surface area contributed by atoms with E-state index in [9.17, 15) is 9.59 Å². The minimum atomic E-state index is -1.04. The van der Waals surface area contributed by atoms with Crippen molar-refractivity contribution in [2.45, 2.75) is 27.2 Å². The molecule has 6 heteroatoms. The number of oxazole rings is 1. The molecule has 0 fully saturated rings. The Hall–Kier alpha value is -1.85. The normalized spacial score (nSPS) is 10.7. The molecule has 6 nitrogen and oxygen atoms in total. The Labute approximate surface area is 106 Å². The number of rotatable bonds is 6. The lowest BCUT2D eigenvalue weighted by Crippen LogP contribution is -2.38. The lowest BCUT2D eigenvalue weighted by Gasteiger charge is -2.21. The van der Waals surface area contributed by atoms with E-state index in [4.69, 9.17) is 9.52 Å². The molecule has 0 unspecified atom stereocenters. The largest absolute Gasteiger partial charge is 0.480 e. The van der Waals surface area contributed by atoms with Crippen LogP contribution in [0, 0.1) is 5.92 Å². The van der Waals surface area contributed by atoms with Gasteiger partial charge in [0, 0.05) is 13.0 Å². The second-order valence-electron chi connectivity index (χ2n) is 4.45. The van der Waals surface area contributed by atoms with E-state index in [0.717, 1.165) is 0 Å². The predicted octanol–water partition coefficient (Wildman–Crippen LogP) is 1.42. The zero-order chi connectivity index (χ0) is 13.7. The summed E-state index contributed by atoms with van der Waals surface area (Å²) >= 11 is 0. The highest BCUT2D eigenvalue weighted by atomic mass is 16.4. The monoisotopic (exact) mass is 254 g/mol. The molecule has 0 aliphatic carbocycles. The van der Waals surface area contributed by atoms with Crippen LogP contribution in [0.15, 0.2) is 10.8 Å². The summed E-state index contributed by atoms with van der Waals surface area (Å²) in [4.78, 5) is 28.1. The fraction of sp³-hybridized carbons (Fsp3) is 0.583. The fourth-order valence-electron chi connectivity index (χ4n) is 1.67. The van der Waals surface area contributed by atoms with Crippen LogP contribution in [-0.2, 0) is 11.2 Å². The van der Waals surface area contributed by atoms with E-state index < -0.39 is 11.9 Å². The van der Waals surface area contributed by atoms with Gasteiger partial charge in [-0.05, 0) is 5.92 Å². The summed E-state index contributed by atoms with van der Waals surface area (Å²) in [6.45, 7) is 5.74. The predicted molar refractivity (Wildman–Crippen MR) is 64.3 cm³/mol. The van der Waals surface area contributed by atoms with Crippen LogP contribution in [0.4, 0.5) is 0 Å². The number of nitrogens with zero attached hydrogens (tertiary/aromatic N) is 2. The Kier molecular flexibility index (Phi) is 4.88. The van der Waals surface area contributed by atoms with Crippen molar-refractivity contribution < 1.29 is 19.1 Å². The van der Waals surface area contributed by atoms with Crippen LogP contribution in [0.1, 0.15) is 37.0 Å². The summed E-state index contributed by atoms with van der Waals surface area (Å²) in [6.07, 6.45) is 1.75. The van der Waals surface area contributed by atoms with Gasteiger partial charge in [-0.2, -0.15) is 0 Å². The maximum Gasteiger partial charge on any atom is 0.323 e. The number of hydrogen-bond acceptors (Lipinski definition) is 4. The number of carbonyl (C=O) groups is 2. The zero-order valence-corrected chi connectivity index (χ0v) is 10.8. The maximum atomic E-state index is 12.2. The van der Waals surface area contributed by atoms with Gasteiger partial charge in [0.1, 0.15) is 12.3 Å². The molecular weight excluding hydrogens is 236 g/mol. The lowest BCUT2D eigenvalue weighted by molar-refractivity contribution is -0.137. The Bertz CT molecular complexity index is 425. The summed E-state index contributed by atoms with van der Waals surface area (Å²) in [5.41, 5.74) is 0.208. The van der Waals surface area contributed by atoms with Crippen molar-refractivity contribution in [3.8, 4) is 0 Å². The number of carboxylic acid groups (broad SMARTS) is 1. The number of carbonyl (C=O) groups excluding carboxylic acids is 1. The Balaban J connectivity index is 2.91. The summed E-state index contributed by atoms with van der Waals surface area (Å²) in [5, 5.41) is 8.83. The standard InChI is InChI=1S/C12H18N2O4/c1-4-9-11(13-7-18-9)12(17)14(5-8(2)3)6-10(15)16/h7-8H,4-6H2,1-3H3,(H,15,16). The lowest BCUT2D eigenvalue weighted by atomic mass is 10.2. The maximum absolute atomic E-state index is 12.2. The molecule has 0 aliphatic heterocycles. The van der Waals surface area contributed by atoms with E-state index in [1.165, 1.54) is 11.3 Å². The molecule has 0 atom stereocenters. The smallest absolute Gasteiger partial charge is 0.323 e. The number of aromatic nitrogens is 1. The van der Waals surface area contributed by atoms with E-state index in [-0.39, 0.29) is 18.2 Å². The molecule has 0 aromatic carbocycles. The second kappa shape index (κ2) is 6.18. The van der Waals surface area contributed by atoms with E-state index in [1.807, 2.05) is 20.8 Å². The van der Waals surface area contributed by atoms with Crippen molar-refractivity contribution in [1.82, 2.24) is 9.88 Å². The SMILES string of the molecule is CCc1ocnc1C(=O)N(CC(=O)O)CC(C)C. The molecule has 1 amide bonds. The minimum absolute atomic E-state index is 0.185.